The maximum atomic E-state index is 13.4. The molecule has 0 N–H and O–H groups in total. The molecule has 0 saturated carbocycles. The summed E-state index contributed by atoms with van der Waals surface area (Å²) in [5.74, 6) is -0.550. The van der Waals surface area contributed by atoms with Crippen molar-refractivity contribution >= 4 is 28.5 Å². The second-order valence-corrected chi connectivity index (χ2v) is 9.19. The minimum Gasteiger partial charge on any atom is -0.449 e. The number of carbonyl (C=O) groups is 2. The van der Waals surface area contributed by atoms with E-state index in [0.717, 1.165) is 67.4 Å². The van der Waals surface area contributed by atoms with Gasteiger partial charge in [0.2, 0.25) is 0 Å². The van der Waals surface area contributed by atoms with Crippen LogP contribution in [0.4, 0.5) is 5.69 Å². The molecule has 1 amide bonds. The van der Waals surface area contributed by atoms with Gasteiger partial charge in [0.05, 0.1) is 11.1 Å². The lowest BCUT2D eigenvalue weighted by atomic mass is 9.97. The molecule has 6 heteroatoms. The summed E-state index contributed by atoms with van der Waals surface area (Å²) in [5, 5.41) is 0.810. The Morgan fingerprint density at radius 2 is 1.59 bits per heavy atom. The Balaban J connectivity index is 1.31. The van der Waals surface area contributed by atoms with E-state index in [4.69, 9.17) is 9.72 Å². The van der Waals surface area contributed by atoms with Crippen LogP contribution in [0.15, 0.2) is 54.6 Å². The normalized spacial score (nSPS) is 17.1. The molecular formula is C28H31N3O3. The monoisotopic (exact) mass is 457 g/mol. The number of carbonyl (C=O) groups excluding carboxylic acids is 2. The summed E-state index contributed by atoms with van der Waals surface area (Å²) in [5.41, 5.74) is 4.57. The number of piperazine rings is 1. The summed E-state index contributed by atoms with van der Waals surface area (Å²) in [6, 6.07) is 18.0. The summed E-state index contributed by atoms with van der Waals surface area (Å²) >= 11 is 0. The standard InChI is InChI=1S/C28H31N3O3/c1-20(27(32)31-18-16-30(17-19-31)21-10-4-2-5-11-21)34-28(33)26-22-12-6-3-7-14-24(22)29-25-15-9-8-13-23(25)26/h2,4-5,8-11,13,15,20H,3,6-7,12,14,16-19H2,1H3. The van der Waals surface area contributed by atoms with Gasteiger partial charge < -0.3 is 14.5 Å². The average molecular weight is 458 g/mol. The molecule has 1 atom stereocenters. The van der Waals surface area contributed by atoms with Crippen LogP contribution in [-0.4, -0.2) is 54.0 Å². The van der Waals surface area contributed by atoms with Gasteiger partial charge in [0.15, 0.2) is 6.10 Å². The number of anilines is 1. The number of nitrogens with zero attached hydrogens (tertiary/aromatic N) is 3. The molecule has 0 radical (unpaired) electrons. The van der Waals surface area contributed by atoms with E-state index in [9.17, 15) is 9.59 Å². The van der Waals surface area contributed by atoms with Crippen molar-refractivity contribution in [3.05, 3.63) is 71.4 Å². The van der Waals surface area contributed by atoms with Gasteiger partial charge in [0.1, 0.15) is 0 Å². The zero-order valence-electron chi connectivity index (χ0n) is 19.7. The van der Waals surface area contributed by atoms with E-state index in [1.54, 1.807) is 6.92 Å². The van der Waals surface area contributed by atoms with Gasteiger partial charge in [0, 0.05) is 42.9 Å². The maximum absolute atomic E-state index is 13.4. The molecule has 5 rings (SSSR count). The highest BCUT2D eigenvalue weighted by Crippen LogP contribution is 2.29. The fourth-order valence-electron chi connectivity index (χ4n) is 5.13. The third-order valence-corrected chi connectivity index (χ3v) is 6.97. The molecule has 34 heavy (non-hydrogen) atoms. The second kappa shape index (κ2) is 9.84. The molecule has 2 aliphatic rings. The summed E-state index contributed by atoms with van der Waals surface area (Å²) in [6.45, 7) is 4.44. The minimum atomic E-state index is -0.830. The number of benzene rings is 2. The lowest BCUT2D eigenvalue weighted by Crippen LogP contribution is -2.51. The largest absolute Gasteiger partial charge is 0.449 e. The number of hydrogen-bond acceptors (Lipinski definition) is 5. The van der Waals surface area contributed by atoms with Crippen molar-refractivity contribution in [2.75, 3.05) is 31.1 Å². The molecule has 2 aromatic carbocycles. The second-order valence-electron chi connectivity index (χ2n) is 9.19. The van der Waals surface area contributed by atoms with Crippen LogP contribution in [0.1, 0.15) is 47.8 Å². The molecule has 3 aromatic rings. The number of ether oxygens (including phenoxy) is 1. The van der Waals surface area contributed by atoms with Crippen LogP contribution in [0.5, 0.6) is 0 Å². The van der Waals surface area contributed by atoms with Gasteiger partial charge in [-0.1, -0.05) is 42.8 Å². The van der Waals surface area contributed by atoms with E-state index in [-0.39, 0.29) is 5.91 Å². The van der Waals surface area contributed by atoms with Crippen molar-refractivity contribution in [2.45, 2.75) is 45.1 Å². The number of pyridine rings is 1. The molecule has 6 nitrogen and oxygen atoms in total. The van der Waals surface area contributed by atoms with E-state index < -0.39 is 12.1 Å². The first kappa shape index (κ1) is 22.4. The van der Waals surface area contributed by atoms with Crippen LogP contribution >= 0.6 is 0 Å². The number of esters is 1. The van der Waals surface area contributed by atoms with Crippen molar-refractivity contribution in [1.82, 2.24) is 9.88 Å². The highest BCUT2D eigenvalue weighted by Gasteiger charge is 2.30. The van der Waals surface area contributed by atoms with Crippen molar-refractivity contribution in [3.63, 3.8) is 0 Å². The first-order valence-electron chi connectivity index (χ1n) is 12.3. The Morgan fingerprint density at radius 1 is 0.882 bits per heavy atom. The van der Waals surface area contributed by atoms with Gasteiger partial charge in [-0.2, -0.15) is 0 Å². The number of aryl methyl sites for hydroxylation is 1. The Hall–Kier alpha value is -3.41. The van der Waals surface area contributed by atoms with Gasteiger partial charge in [-0.05, 0) is 56.4 Å². The molecule has 1 aliphatic carbocycles. The fourth-order valence-corrected chi connectivity index (χ4v) is 5.13. The topological polar surface area (TPSA) is 62.7 Å². The van der Waals surface area contributed by atoms with E-state index in [1.165, 1.54) is 5.69 Å². The summed E-state index contributed by atoms with van der Waals surface area (Å²) in [7, 11) is 0. The van der Waals surface area contributed by atoms with Crippen LogP contribution in [0.3, 0.4) is 0 Å². The first-order valence-corrected chi connectivity index (χ1v) is 12.3. The molecule has 1 aliphatic heterocycles. The van der Waals surface area contributed by atoms with E-state index >= 15 is 0 Å². The molecular weight excluding hydrogens is 426 g/mol. The zero-order chi connectivity index (χ0) is 23.5. The molecule has 176 valence electrons. The van der Waals surface area contributed by atoms with Gasteiger partial charge >= 0.3 is 5.97 Å². The summed E-state index contributed by atoms with van der Waals surface area (Å²) < 4.78 is 5.81. The molecule has 1 aromatic heterocycles. The molecule has 1 unspecified atom stereocenters. The van der Waals surface area contributed by atoms with Crippen molar-refractivity contribution in [3.8, 4) is 0 Å². The maximum Gasteiger partial charge on any atom is 0.339 e. The Labute approximate surface area is 200 Å². The van der Waals surface area contributed by atoms with E-state index in [1.807, 2.05) is 47.4 Å². The molecule has 0 bridgehead atoms. The van der Waals surface area contributed by atoms with Gasteiger partial charge in [0.25, 0.3) is 5.91 Å². The van der Waals surface area contributed by atoms with Crippen molar-refractivity contribution < 1.29 is 14.3 Å². The molecule has 2 heterocycles. The highest BCUT2D eigenvalue weighted by molar-refractivity contribution is 6.05. The average Bonchev–Trinajstić information content (AvgIpc) is 3.12. The predicted octanol–water partition coefficient (Wildman–Crippen LogP) is 4.40. The number of amides is 1. The Morgan fingerprint density at radius 3 is 2.38 bits per heavy atom. The number of rotatable bonds is 4. The number of aromatic nitrogens is 1. The molecule has 1 saturated heterocycles. The van der Waals surface area contributed by atoms with Crippen LogP contribution in [0.2, 0.25) is 0 Å². The third-order valence-electron chi connectivity index (χ3n) is 6.97. The number of fused-ring (bicyclic) bond motifs is 2. The Bertz CT molecular complexity index is 1190. The highest BCUT2D eigenvalue weighted by atomic mass is 16.5. The lowest BCUT2D eigenvalue weighted by Gasteiger charge is -2.37. The summed E-state index contributed by atoms with van der Waals surface area (Å²) in [4.78, 5) is 35.5. The van der Waals surface area contributed by atoms with Crippen LogP contribution in [0.25, 0.3) is 10.9 Å². The Kier molecular flexibility index (Phi) is 6.48. The minimum absolute atomic E-state index is 0.134. The first-order chi connectivity index (χ1) is 16.6. The quantitative estimate of drug-likeness (QED) is 0.429. The smallest absolute Gasteiger partial charge is 0.339 e. The van der Waals surface area contributed by atoms with Gasteiger partial charge in [-0.25, -0.2) is 4.79 Å². The van der Waals surface area contributed by atoms with Gasteiger partial charge in [-0.3, -0.25) is 9.78 Å². The SMILES string of the molecule is CC(OC(=O)c1c2c(nc3ccccc13)CCCCC2)C(=O)N1CCN(c2ccccc2)CC1. The van der Waals surface area contributed by atoms with Crippen LogP contribution in [-0.2, 0) is 22.4 Å². The third kappa shape index (κ3) is 4.49. The van der Waals surface area contributed by atoms with Gasteiger partial charge in [-0.15, -0.1) is 0 Å². The van der Waals surface area contributed by atoms with Crippen LogP contribution in [0, 0.1) is 0 Å². The molecule has 0 spiro atoms. The number of hydrogen-bond donors (Lipinski definition) is 0. The fraction of sp³-hybridized carbons (Fsp3) is 0.393. The van der Waals surface area contributed by atoms with Crippen molar-refractivity contribution in [1.29, 1.82) is 0 Å². The van der Waals surface area contributed by atoms with E-state index in [0.29, 0.717) is 18.7 Å². The van der Waals surface area contributed by atoms with E-state index in [2.05, 4.69) is 17.0 Å². The van der Waals surface area contributed by atoms with Crippen LogP contribution < -0.4 is 4.90 Å². The summed E-state index contributed by atoms with van der Waals surface area (Å²) in [6.07, 6.45) is 4.11. The zero-order valence-corrected chi connectivity index (χ0v) is 19.7. The number of para-hydroxylation sites is 2. The molecule has 1 fully saturated rings. The van der Waals surface area contributed by atoms with Crippen molar-refractivity contribution in [2.24, 2.45) is 0 Å². The lowest BCUT2D eigenvalue weighted by molar-refractivity contribution is -0.140. The predicted molar refractivity (Wildman–Crippen MR) is 133 cm³/mol.